The Balaban J connectivity index is 1.43. The van der Waals surface area contributed by atoms with Crippen LogP contribution in [0.5, 0.6) is 5.88 Å². The summed E-state index contributed by atoms with van der Waals surface area (Å²) in [7, 11) is 1.96. The summed E-state index contributed by atoms with van der Waals surface area (Å²) < 4.78 is 12.6. The fraction of sp³-hybridized carbons (Fsp3) is 0.417. The third kappa shape index (κ3) is 4.94. The standard InChI is InChI=1S/C24H26BrN5O3/c1-29(22-11-26-8-6-21(22)30(15-31)18-3-4-18)12-23-27-20-10-17(25)2-5-19(20)24(28-23)33-14-16-7-9-32-13-16/h2,5-6,8,10-11,15-16,18H,3-4,7,9,12-14H2,1H3. The lowest BCUT2D eigenvalue weighted by Gasteiger charge is -2.26. The number of carbonyl (C=O) groups is 1. The lowest BCUT2D eigenvalue weighted by molar-refractivity contribution is -0.107. The quantitative estimate of drug-likeness (QED) is 0.402. The fourth-order valence-corrected chi connectivity index (χ4v) is 4.44. The minimum absolute atomic E-state index is 0.269. The van der Waals surface area contributed by atoms with Crippen LogP contribution < -0.4 is 14.5 Å². The summed E-state index contributed by atoms with van der Waals surface area (Å²) in [6, 6.07) is 8.07. The van der Waals surface area contributed by atoms with Crippen molar-refractivity contribution >= 4 is 44.6 Å². The van der Waals surface area contributed by atoms with Crippen LogP contribution in [0.1, 0.15) is 25.1 Å². The first-order valence-corrected chi connectivity index (χ1v) is 12.0. The van der Waals surface area contributed by atoms with Gasteiger partial charge in [-0.05, 0) is 43.5 Å². The molecule has 9 heteroatoms. The van der Waals surface area contributed by atoms with E-state index in [0.717, 1.165) is 65.6 Å². The van der Waals surface area contributed by atoms with Crippen LogP contribution in [0.2, 0.25) is 0 Å². The maximum absolute atomic E-state index is 11.8. The Hall–Kier alpha value is -2.78. The van der Waals surface area contributed by atoms with Crippen LogP contribution in [0.3, 0.4) is 0 Å². The summed E-state index contributed by atoms with van der Waals surface area (Å²) in [4.78, 5) is 29.4. The average Bonchev–Trinajstić information content (AvgIpc) is 3.51. The number of anilines is 2. The predicted octanol–water partition coefficient (Wildman–Crippen LogP) is 3.96. The molecule has 2 aromatic heterocycles. The first-order chi connectivity index (χ1) is 16.1. The highest BCUT2D eigenvalue weighted by molar-refractivity contribution is 9.10. The Kier molecular flexibility index (Phi) is 6.41. The molecule has 33 heavy (non-hydrogen) atoms. The molecule has 1 atom stereocenters. The summed E-state index contributed by atoms with van der Waals surface area (Å²) in [6.07, 6.45) is 7.46. The average molecular weight is 512 g/mol. The largest absolute Gasteiger partial charge is 0.477 e. The van der Waals surface area contributed by atoms with Crippen LogP contribution in [0.4, 0.5) is 11.4 Å². The van der Waals surface area contributed by atoms with E-state index in [1.165, 1.54) is 0 Å². The molecule has 0 spiro atoms. The Morgan fingerprint density at radius 3 is 2.85 bits per heavy atom. The summed E-state index contributed by atoms with van der Waals surface area (Å²) in [6.45, 7) is 2.52. The van der Waals surface area contributed by atoms with Crippen molar-refractivity contribution in [3.8, 4) is 5.88 Å². The Labute approximate surface area is 201 Å². The number of nitrogens with zero attached hydrogens (tertiary/aromatic N) is 5. The number of halogens is 1. The lowest BCUT2D eigenvalue weighted by atomic mass is 10.1. The molecular weight excluding hydrogens is 486 g/mol. The maximum atomic E-state index is 11.8. The summed E-state index contributed by atoms with van der Waals surface area (Å²) in [5, 5.41) is 0.881. The number of ether oxygens (including phenoxy) is 2. The van der Waals surface area contributed by atoms with Gasteiger partial charge in [0.25, 0.3) is 0 Å². The molecule has 1 amide bonds. The topological polar surface area (TPSA) is 80.7 Å². The van der Waals surface area contributed by atoms with E-state index in [2.05, 4.69) is 20.9 Å². The number of pyridine rings is 1. The van der Waals surface area contributed by atoms with Gasteiger partial charge in [-0.3, -0.25) is 9.78 Å². The molecule has 2 fully saturated rings. The van der Waals surface area contributed by atoms with Crippen molar-refractivity contribution in [2.75, 3.05) is 36.7 Å². The van der Waals surface area contributed by atoms with E-state index in [9.17, 15) is 4.79 Å². The Bertz CT molecular complexity index is 1150. The molecule has 1 aliphatic carbocycles. The second-order valence-electron chi connectivity index (χ2n) is 8.61. The number of aromatic nitrogens is 3. The zero-order valence-corrected chi connectivity index (χ0v) is 20.1. The lowest BCUT2D eigenvalue weighted by Crippen LogP contribution is -2.27. The molecule has 1 saturated heterocycles. The van der Waals surface area contributed by atoms with Crippen molar-refractivity contribution < 1.29 is 14.3 Å². The zero-order valence-electron chi connectivity index (χ0n) is 18.5. The van der Waals surface area contributed by atoms with Gasteiger partial charge in [-0.15, -0.1) is 0 Å². The van der Waals surface area contributed by atoms with Gasteiger partial charge >= 0.3 is 0 Å². The molecule has 1 saturated carbocycles. The SMILES string of the molecule is CN(Cc1nc(OCC2CCOC2)c2ccc(Br)cc2n1)c1cnccc1N(C=O)C1CC1. The minimum atomic E-state index is 0.269. The van der Waals surface area contributed by atoms with E-state index in [1.807, 2.05) is 36.2 Å². The molecule has 1 aliphatic heterocycles. The molecule has 3 heterocycles. The van der Waals surface area contributed by atoms with Gasteiger partial charge in [0.2, 0.25) is 12.3 Å². The van der Waals surface area contributed by atoms with E-state index in [4.69, 9.17) is 19.4 Å². The van der Waals surface area contributed by atoms with Gasteiger partial charge in [-0.2, -0.15) is 4.98 Å². The van der Waals surface area contributed by atoms with E-state index in [1.54, 1.807) is 17.3 Å². The number of rotatable bonds is 9. The van der Waals surface area contributed by atoms with Gasteiger partial charge in [0.15, 0.2) is 5.82 Å². The van der Waals surface area contributed by atoms with E-state index in [-0.39, 0.29) is 6.04 Å². The normalized spacial score (nSPS) is 17.8. The van der Waals surface area contributed by atoms with E-state index in [0.29, 0.717) is 30.8 Å². The number of hydrogen-bond acceptors (Lipinski definition) is 7. The number of hydrogen-bond donors (Lipinski definition) is 0. The summed E-state index contributed by atoms with van der Waals surface area (Å²) >= 11 is 3.54. The Morgan fingerprint density at radius 2 is 2.09 bits per heavy atom. The van der Waals surface area contributed by atoms with Crippen LogP contribution in [-0.2, 0) is 16.1 Å². The summed E-state index contributed by atoms with van der Waals surface area (Å²) in [5.74, 6) is 1.60. The number of benzene rings is 1. The van der Waals surface area contributed by atoms with Crippen molar-refractivity contribution in [3.63, 3.8) is 0 Å². The summed E-state index contributed by atoms with van der Waals surface area (Å²) in [5.41, 5.74) is 2.53. The molecular formula is C24H26BrN5O3. The van der Waals surface area contributed by atoms with Crippen molar-refractivity contribution in [1.29, 1.82) is 0 Å². The Morgan fingerprint density at radius 1 is 1.21 bits per heavy atom. The monoisotopic (exact) mass is 511 g/mol. The molecule has 3 aromatic rings. The van der Waals surface area contributed by atoms with Crippen LogP contribution in [-0.4, -0.2) is 54.3 Å². The highest BCUT2D eigenvalue weighted by Crippen LogP contribution is 2.36. The van der Waals surface area contributed by atoms with Crippen molar-refractivity contribution in [3.05, 3.63) is 47.0 Å². The van der Waals surface area contributed by atoms with Gasteiger partial charge in [-0.1, -0.05) is 15.9 Å². The van der Waals surface area contributed by atoms with E-state index >= 15 is 0 Å². The zero-order chi connectivity index (χ0) is 22.8. The molecule has 8 nitrogen and oxygen atoms in total. The first-order valence-electron chi connectivity index (χ1n) is 11.2. The molecule has 2 aliphatic rings. The molecule has 1 aromatic carbocycles. The smallest absolute Gasteiger partial charge is 0.224 e. The predicted molar refractivity (Wildman–Crippen MR) is 130 cm³/mol. The van der Waals surface area contributed by atoms with Crippen LogP contribution >= 0.6 is 15.9 Å². The van der Waals surface area contributed by atoms with Gasteiger partial charge < -0.3 is 19.3 Å². The molecule has 172 valence electrons. The minimum Gasteiger partial charge on any atom is -0.477 e. The molecule has 0 radical (unpaired) electrons. The second-order valence-corrected chi connectivity index (χ2v) is 9.53. The van der Waals surface area contributed by atoms with E-state index < -0.39 is 0 Å². The van der Waals surface area contributed by atoms with Gasteiger partial charge in [0, 0.05) is 36.3 Å². The maximum Gasteiger partial charge on any atom is 0.224 e. The number of carbonyl (C=O) groups excluding carboxylic acids is 1. The highest BCUT2D eigenvalue weighted by Gasteiger charge is 2.31. The second kappa shape index (κ2) is 9.61. The molecule has 0 bridgehead atoms. The van der Waals surface area contributed by atoms with Crippen molar-refractivity contribution in [1.82, 2.24) is 15.0 Å². The van der Waals surface area contributed by atoms with Crippen LogP contribution in [0.15, 0.2) is 41.1 Å². The fourth-order valence-electron chi connectivity index (χ4n) is 4.09. The molecule has 0 N–H and O–H groups in total. The van der Waals surface area contributed by atoms with Crippen LogP contribution in [0.25, 0.3) is 10.9 Å². The third-order valence-electron chi connectivity index (χ3n) is 6.05. The van der Waals surface area contributed by atoms with Crippen molar-refractivity contribution in [2.24, 2.45) is 5.92 Å². The molecule has 1 unspecified atom stereocenters. The van der Waals surface area contributed by atoms with Crippen LogP contribution in [0, 0.1) is 5.92 Å². The van der Waals surface area contributed by atoms with Gasteiger partial charge in [0.1, 0.15) is 0 Å². The highest BCUT2D eigenvalue weighted by atomic mass is 79.9. The first kappa shape index (κ1) is 22.0. The molecule has 5 rings (SSSR count). The number of amides is 1. The number of fused-ring (bicyclic) bond motifs is 1. The van der Waals surface area contributed by atoms with Gasteiger partial charge in [-0.25, -0.2) is 4.98 Å². The van der Waals surface area contributed by atoms with Crippen molar-refractivity contribution in [2.45, 2.75) is 31.8 Å². The third-order valence-corrected chi connectivity index (χ3v) is 6.54. The van der Waals surface area contributed by atoms with Gasteiger partial charge in [0.05, 0.1) is 48.2 Å².